The second-order valence-corrected chi connectivity index (χ2v) is 4.48. The van der Waals surface area contributed by atoms with Crippen LogP contribution in [0.5, 0.6) is 0 Å². The third-order valence-corrected chi connectivity index (χ3v) is 3.64. The molecule has 0 unspecified atom stereocenters. The molecule has 1 aromatic carbocycles. The molecule has 4 nitrogen and oxygen atoms in total. The van der Waals surface area contributed by atoms with Gasteiger partial charge in [0.15, 0.2) is 34.1 Å². The third kappa shape index (κ3) is 1.35. The van der Waals surface area contributed by atoms with Gasteiger partial charge < -0.3 is 0 Å². The Balaban J connectivity index is 2.87. The third-order valence-electron chi connectivity index (χ3n) is 3.64. The minimum absolute atomic E-state index is 1.27. The molecule has 108 valence electrons. The normalized spacial score (nSPS) is 17.7. The Morgan fingerprint density at radius 1 is 0.591 bits per heavy atom. The van der Waals surface area contributed by atoms with Gasteiger partial charge in [0.1, 0.15) is 0 Å². The van der Waals surface area contributed by atoms with Crippen LogP contribution in [0.4, 0.5) is 22.0 Å². The van der Waals surface area contributed by atoms with E-state index in [9.17, 15) is 22.0 Å². The monoisotopic (exact) mass is 308 g/mol. The van der Waals surface area contributed by atoms with Crippen molar-refractivity contribution >= 4 is 0 Å². The molecule has 1 aliphatic rings. The Morgan fingerprint density at radius 3 is 1.14 bits per heavy atom. The number of hydrogen-bond acceptors (Lipinski definition) is 4. The minimum atomic E-state index is -2.52. The number of benzene rings is 1. The van der Waals surface area contributed by atoms with Crippen LogP contribution in [0, 0.1) is 85.2 Å². The molecular formula is C13HF5N4. The van der Waals surface area contributed by atoms with Crippen LogP contribution in [0.15, 0.2) is 0 Å². The first kappa shape index (κ1) is 15.2. The summed E-state index contributed by atoms with van der Waals surface area (Å²) in [6.07, 6.45) is 0. The van der Waals surface area contributed by atoms with Crippen molar-refractivity contribution in [2.45, 2.75) is 5.92 Å². The maximum absolute atomic E-state index is 13.8. The number of rotatable bonds is 1. The Hall–Kier alpha value is -3.17. The molecule has 0 aromatic heterocycles. The highest BCUT2D eigenvalue weighted by atomic mass is 19.2. The molecule has 0 N–H and O–H groups in total. The maximum Gasteiger partial charge on any atom is 0.200 e. The Labute approximate surface area is 119 Å². The van der Waals surface area contributed by atoms with Crippen LogP contribution in [-0.4, -0.2) is 0 Å². The first-order valence-electron chi connectivity index (χ1n) is 5.46. The zero-order valence-electron chi connectivity index (χ0n) is 10.3. The fraction of sp³-hybridized carbons (Fsp3) is 0.231. The zero-order valence-corrected chi connectivity index (χ0v) is 10.3. The van der Waals surface area contributed by atoms with E-state index in [1.165, 1.54) is 24.3 Å². The van der Waals surface area contributed by atoms with Gasteiger partial charge in [-0.25, -0.2) is 22.0 Å². The summed E-state index contributed by atoms with van der Waals surface area (Å²) in [6, 6.07) is 5.09. The maximum atomic E-state index is 13.8. The summed E-state index contributed by atoms with van der Waals surface area (Å²) in [5.41, 5.74) is -6.55. The van der Waals surface area contributed by atoms with E-state index in [0.717, 1.165) is 0 Å². The molecule has 22 heavy (non-hydrogen) atoms. The van der Waals surface area contributed by atoms with Gasteiger partial charge in [-0.1, -0.05) is 0 Å². The van der Waals surface area contributed by atoms with Gasteiger partial charge in [0.2, 0.25) is 5.82 Å². The van der Waals surface area contributed by atoms with Gasteiger partial charge in [-0.3, -0.25) is 0 Å². The van der Waals surface area contributed by atoms with E-state index in [4.69, 9.17) is 21.0 Å². The van der Waals surface area contributed by atoms with Gasteiger partial charge in [0.25, 0.3) is 0 Å². The largest absolute Gasteiger partial charge is 0.203 e. The predicted molar refractivity (Wildman–Crippen MR) is 56.3 cm³/mol. The fourth-order valence-corrected chi connectivity index (χ4v) is 2.44. The quantitative estimate of drug-likeness (QED) is 0.452. The zero-order chi connectivity index (χ0) is 16.9. The second-order valence-electron chi connectivity index (χ2n) is 4.48. The highest BCUT2D eigenvalue weighted by Crippen LogP contribution is 2.74. The molecule has 0 bridgehead atoms. The first-order chi connectivity index (χ1) is 10.3. The van der Waals surface area contributed by atoms with E-state index >= 15 is 0 Å². The average molecular weight is 308 g/mol. The SMILES string of the molecule is N#CC1(C#N)C(c2c(F)c(F)c(F)c(F)c2F)C1(C#N)C#N. The average Bonchev–Trinajstić information content (AvgIpc) is 3.13. The molecule has 1 aliphatic carbocycles. The molecule has 0 aliphatic heterocycles. The van der Waals surface area contributed by atoms with E-state index in [2.05, 4.69) is 0 Å². The number of nitrogens with zero attached hydrogens (tertiary/aromatic N) is 4. The van der Waals surface area contributed by atoms with Gasteiger partial charge in [-0.05, 0) is 0 Å². The lowest BCUT2D eigenvalue weighted by Gasteiger charge is -2.07. The summed E-state index contributed by atoms with van der Waals surface area (Å²) < 4.78 is 67.0. The van der Waals surface area contributed by atoms with Crippen molar-refractivity contribution in [1.82, 2.24) is 0 Å². The highest BCUT2D eigenvalue weighted by molar-refractivity contribution is 5.59. The second kappa shape index (κ2) is 4.41. The van der Waals surface area contributed by atoms with Crippen molar-refractivity contribution in [3.05, 3.63) is 34.6 Å². The van der Waals surface area contributed by atoms with Gasteiger partial charge in [-0.2, -0.15) is 21.0 Å². The minimum Gasteiger partial charge on any atom is -0.203 e. The van der Waals surface area contributed by atoms with E-state index in [1.807, 2.05) is 0 Å². The van der Waals surface area contributed by atoms with E-state index in [1.54, 1.807) is 0 Å². The Bertz CT molecular complexity index is 770. The van der Waals surface area contributed by atoms with Crippen LogP contribution in [-0.2, 0) is 0 Å². The summed E-state index contributed by atoms with van der Waals surface area (Å²) in [7, 11) is 0. The van der Waals surface area contributed by atoms with Crippen molar-refractivity contribution < 1.29 is 22.0 Å². The Kier molecular flexibility index (Phi) is 3.05. The molecule has 0 amide bonds. The van der Waals surface area contributed by atoms with Crippen LogP contribution < -0.4 is 0 Å². The number of nitriles is 4. The summed E-state index contributed by atoms with van der Waals surface area (Å²) in [5, 5.41) is 35.9. The van der Waals surface area contributed by atoms with Crippen LogP contribution in [0.25, 0.3) is 0 Å². The predicted octanol–water partition coefficient (Wildman–Crippen LogP) is 2.55. The molecule has 2 rings (SSSR count). The van der Waals surface area contributed by atoms with Crippen LogP contribution in [0.1, 0.15) is 11.5 Å². The highest BCUT2D eigenvalue weighted by Gasteiger charge is 2.83. The topological polar surface area (TPSA) is 95.2 Å². The lowest BCUT2D eigenvalue weighted by Crippen LogP contribution is -2.09. The van der Waals surface area contributed by atoms with Crippen molar-refractivity contribution in [3.63, 3.8) is 0 Å². The Morgan fingerprint density at radius 2 is 0.864 bits per heavy atom. The lowest BCUT2D eigenvalue weighted by molar-refractivity contribution is 0.368. The molecule has 9 heteroatoms. The number of hydrogen-bond donors (Lipinski definition) is 0. The van der Waals surface area contributed by atoms with Crippen molar-refractivity contribution in [3.8, 4) is 24.3 Å². The smallest absolute Gasteiger partial charge is 0.200 e. The summed E-state index contributed by atoms with van der Waals surface area (Å²) in [4.78, 5) is 0. The fourth-order valence-electron chi connectivity index (χ4n) is 2.44. The molecule has 0 spiro atoms. The molecule has 0 radical (unpaired) electrons. The molecule has 1 saturated carbocycles. The molecular weight excluding hydrogens is 307 g/mol. The van der Waals surface area contributed by atoms with Gasteiger partial charge >= 0.3 is 0 Å². The van der Waals surface area contributed by atoms with Crippen LogP contribution in [0.3, 0.4) is 0 Å². The molecule has 1 fully saturated rings. The first-order valence-corrected chi connectivity index (χ1v) is 5.46. The standard InChI is InChI=1S/C13HF5N4/c14-6-5(7(15)9(17)10(18)8(6)16)11-12(1-19,2-20)13(11,3-21)4-22/h11H. The van der Waals surface area contributed by atoms with Gasteiger partial charge in [-0.15, -0.1) is 0 Å². The van der Waals surface area contributed by atoms with E-state index in [0.29, 0.717) is 0 Å². The summed E-state index contributed by atoms with van der Waals surface area (Å²) in [6.45, 7) is 0. The van der Waals surface area contributed by atoms with Crippen LogP contribution >= 0.6 is 0 Å². The summed E-state index contributed by atoms with van der Waals surface area (Å²) in [5.74, 6) is -13.6. The van der Waals surface area contributed by atoms with Gasteiger partial charge in [0, 0.05) is 5.56 Å². The van der Waals surface area contributed by atoms with Crippen molar-refractivity contribution in [1.29, 1.82) is 21.0 Å². The van der Waals surface area contributed by atoms with E-state index in [-0.39, 0.29) is 0 Å². The van der Waals surface area contributed by atoms with E-state index < -0.39 is 51.4 Å². The molecule has 0 atom stereocenters. The molecule has 0 heterocycles. The molecule has 1 aromatic rings. The van der Waals surface area contributed by atoms with Gasteiger partial charge in [0.05, 0.1) is 30.2 Å². The van der Waals surface area contributed by atoms with Crippen molar-refractivity contribution in [2.75, 3.05) is 0 Å². The van der Waals surface area contributed by atoms with Crippen LogP contribution in [0.2, 0.25) is 0 Å². The lowest BCUT2D eigenvalue weighted by atomic mass is 9.98. The number of halogens is 5. The van der Waals surface area contributed by atoms with Crippen molar-refractivity contribution in [2.24, 2.45) is 10.8 Å². The summed E-state index contributed by atoms with van der Waals surface area (Å²) >= 11 is 0. The molecule has 0 saturated heterocycles.